The van der Waals surface area contributed by atoms with Gasteiger partial charge >= 0.3 is 5.97 Å². The Labute approximate surface area is 178 Å². The van der Waals surface area contributed by atoms with Gasteiger partial charge in [-0.15, -0.1) is 0 Å². The molecule has 4 N–H and O–H groups in total. The number of phenols is 2. The Hall–Kier alpha value is -3.59. The van der Waals surface area contributed by atoms with E-state index in [9.17, 15) is 25.2 Å². The van der Waals surface area contributed by atoms with Crippen molar-refractivity contribution in [3.05, 3.63) is 40.5 Å². The second-order valence-corrected chi connectivity index (χ2v) is 6.91. The quantitative estimate of drug-likeness (QED) is 0.520. The molecule has 3 rings (SSSR count). The van der Waals surface area contributed by atoms with Crippen LogP contribution in [0.5, 0.6) is 34.5 Å². The molecule has 0 fully saturated rings. The molecule has 0 amide bonds. The second-order valence-electron chi connectivity index (χ2n) is 6.91. The van der Waals surface area contributed by atoms with Gasteiger partial charge in [0.15, 0.2) is 23.0 Å². The van der Waals surface area contributed by atoms with E-state index in [4.69, 9.17) is 18.9 Å². The maximum atomic E-state index is 12.0. The van der Waals surface area contributed by atoms with Crippen LogP contribution in [0, 0.1) is 5.92 Å². The van der Waals surface area contributed by atoms with Crippen molar-refractivity contribution < 1.29 is 44.2 Å². The lowest BCUT2D eigenvalue weighted by molar-refractivity contribution is -0.133. The number of aliphatic hydroxyl groups is 1. The molecule has 0 radical (unpaired) electrons. The van der Waals surface area contributed by atoms with Crippen LogP contribution in [0.4, 0.5) is 0 Å². The van der Waals surface area contributed by atoms with Crippen molar-refractivity contribution in [2.45, 2.75) is 5.92 Å². The molecule has 9 heteroatoms. The number of phenolic OH excluding ortho intramolecular Hbond substituents is 2. The molecular weight excluding hydrogens is 408 g/mol. The first-order chi connectivity index (χ1) is 14.8. The van der Waals surface area contributed by atoms with Gasteiger partial charge in [0.25, 0.3) is 0 Å². The monoisotopic (exact) mass is 432 g/mol. The van der Waals surface area contributed by atoms with Gasteiger partial charge in [-0.1, -0.05) is 0 Å². The number of ether oxygens (including phenoxy) is 4. The largest absolute Gasteiger partial charge is 0.502 e. The number of hydrogen-bond acceptors (Lipinski definition) is 8. The Bertz CT molecular complexity index is 1020. The number of carbonyl (C=O) groups is 1. The van der Waals surface area contributed by atoms with E-state index in [1.807, 2.05) is 0 Å². The first kappa shape index (κ1) is 22.1. The van der Waals surface area contributed by atoms with Crippen molar-refractivity contribution in [1.82, 2.24) is 0 Å². The van der Waals surface area contributed by atoms with Crippen molar-refractivity contribution in [3.63, 3.8) is 0 Å². The highest BCUT2D eigenvalue weighted by atomic mass is 16.5. The summed E-state index contributed by atoms with van der Waals surface area (Å²) in [6.07, 6.45) is 1.43. The molecule has 1 aliphatic rings. The molecule has 9 nitrogen and oxygen atoms in total. The summed E-state index contributed by atoms with van der Waals surface area (Å²) >= 11 is 0. The summed E-state index contributed by atoms with van der Waals surface area (Å²) in [4.78, 5) is 12.0. The average Bonchev–Trinajstić information content (AvgIpc) is 2.77. The highest BCUT2D eigenvalue weighted by Gasteiger charge is 2.40. The summed E-state index contributed by atoms with van der Waals surface area (Å²) in [5, 5.41) is 40.9. The lowest BCUT2D eigenvalue weighted by Gasteiger charge is -2.34. The molecular formula is C22H24O9. The van der Waals surface area contributed by atoms with Crippen LogP contribution < -0.4 is 18.9 Å². The van der Waals surface area contributed by atoms with E-state index in [-0.39, 0.29) is 40.1 Å². The fourth-order valence-corrected chi connectivity index (χ4v) is 4.03. The SMILES string of the molecule is COc1cc(C2c3c(cc(OC)c(O)c3OC)C=C(C(=O)O)C2CO)cc(OC)c1O. The van der Waals surface area contributed by atoms with E-state index in [0.29, 0.717) is 16.7 Å². The number of methoxy groups -OCH3 is 4. The van der Waals surface area contributed by atoms with Gasteiger partial charge in [-0.2, -0.15) is 0 Å². The van der Waals surface area contributed by atoms with Crippen LogP contribution in [0.3, 0.4) is 0 Å². The van der Waals surface area contributed by atoms with Gasteiger partial charge in [0.05, 0.1) is 35.0 Å². The number of aromatic hydroxyl groups is 2. The minimum absolute atomic E-state index is 0.0270. The van der Waals surface area contributed by atoms with E-state index < -0.39 is 24.4 Å². The minimum atomic E-state index is -1.20. The lowest BCUT2D eigenvalue weighted by atomic mass is 9.71. The first-order valence-electron chi connectivity index (χ1n) is 9.31. The van der Waals surface area contributed by atoms with E-state index in [0.717, 1.165) is 0 Å². The molecule has 0 bridgehead atoms. The van der Waals surface area contributed by atoms with Gasteiger partial charge in [0, 0.05) is 23.0 Å². The summed E-state index contributed by atoms with van der Waals surface area (Å²) in [5.41, 5.74) is 1.37. The normalized spacial score (nSPS) is 17.4. The number of aliphatic hydroxyl groups excluding tert-OH is 1. The number of rotatable bonds is 7. The number of carboxylic acid groups (broad SMARTS) is 1. The molecule has 2 aromatic carbocycles. The van der Waals surface area contributed by atoms with Crippen molar-refractivity contribution in [2.75, 3.05) is 35.0 Å². The molecule has 2 aromatic rings. The number of benzene rings is 2. The fourth-order valence-electron chi connectivity index (χ4n) is 4.03. The molecule has 1 aliphatic carbocycles. The van der Waals surface area contributed by atoms with E-state index >= 15 is 0 Å². The summed E-state index contributed by atoms with van der Waals surface area (Å²) < 4.78 is 21.2. The molecule has 0 saturated carbocycles. The number of carboxylic acids is 1. The molecule has 0 saturated heterocycles. The van der Waals surface area contributed by atoms with Crippen LogP contribution >= 0.6 is 0 Å². The van der Waals surface area contributed by atoms with Gasteiger partial charge in [-0.3, -0.25) is 0 Å². The van der Waals surface area contributed by atoms with E-state index in [1.54, 1.807) is 0 Å². The summed E-state index contributed by atoms with van der Waals surface area (Å²) in [6, 6.07) is 4.56. The predicted octanol–water partition coefficient (Wildman–Crippen LogP) is 2.35. The van der Waals surface area contributed by atoms with Crippen LogP contribution in [0.2, 0.25) is 0 Å². The van der Waals surface area contributed by atoms with Crippen LogP contribution in [-0.4, -0.2) is 61.4 Å². The molecule has 31 heavy (non-hydrogen) atoms. The molecule has 0 heterocycles. The minimum Gasteiger partial charge on any atom is -0.502 e. The smallest absolute Gasteiger partial charge is 0.331 e. The third-order valence-corrected chi connectivity index (χ3v) is 5.44. The van der Waals surface area contributed by atoms with Crippen molar-refractivity contribution >= 4 is 12.0 Å². The van der Waals surface area contributed by atoms with Gasteiger partial charge in [0.2, 0.25) is 11.5 Å². The Morgan fingerprint density at radius 3 is 1.90 bits per heavy atom. The average molecular weight is 432 g/mol. The molecule has 0 aromatic heterocycles. The zero-order valence-electron chi connectivity index (χ0n) is 17.5. The standard InChI is InChI=1S/C22H24O9/c1-28-14-7-11(8-15(29-2)19(14)24)17-13(9-23)12(22(26)27)5-10-6-16(30-3)20(25)21(31-4)18(10)17/h5-8,13,17,23-25H,9H2,1-4H3,(H,26,27). The fraction of sp³-hybridized carbons (Fsp3) is 0.318. The van der Waals surface area contributed by atoms with E-state index in [1.165, 1.54) is 52.7 Å². The number of fused-ring (bicyclic) bond motifs is 1. The lowest BCUT2D eigenvalue weighted by Crippen LogP contribution is -2.28. The molecule has 2 atom stereocenters. The van der Waals surface area contributed by atoms with Gasteiger partial charge < -0.3 is 39.4 Å². The van der Waals surface area contributed by atoms with Gasteiger partial charge in [0.1, 0.15) is 0 Å². The molecule has 166 valence electrons. The van der Waals surface area contributed by atoms with E-state index in [2.05, 4.69) is 0 Å². The van der Waals surface area contributed by atoms with Crippen LogP contribution in [-0.2, 0) is 4.79 Å². The van der Waals surface area contributed by atoms with Gasteiger partial charge in [-0.25, -0.2) is 4.79 Å². The predicted molar refractivity (Wildman–Crippen MR) is 110 cm³/mol. The zero-order valence-corrected chi connectivity index (χ0v) is 17.5. The van der Waals surface area contributed by atoms with Crippen LogP contribution in [0.25, 0.3) is 6.08 Å². The summed E-state index contributed by atoms with van der Waals surface area (Å²) in [5.74, 6) is -2.91. The highest BCUT2D eigenvalue weighted by Crippen LogP contribution is 2.53. The van der Waals surface area contributed by atoms with Crippen molar-refractivity contribution in [1.29, 1.82) is 0 Å². The number of hydrogen-bond donors (Lipinski definition) is 4. The maximum absolute atomic E-state index is 12.0. The van der Waals surface area contributed by atoms with Crippen LogP contribution in [0.15, 0.2) is 23.8 Å². The molecule has 0 aliphatic heterocycles. The van der Waals surface area contributed by atoms with Crippen molar-refractivity contribution in [2.24, 2.45) is 5.92 Å². The first-order valence-corrected chi connectivity index (χ1v) is 9.31. The van der Waals surface area contributed by atoms with Gasteiger partial charge in [-0.05, 0) is 35.4 Å². The third kappa shape index (κ3) is 3.57. The Balaban J connectivity index is 2.41. The molecule has 0 spiro atoms. The topological polar surface area (TPSA) is 135 Å². The third-order valence-electron chi connectivity index (χ3n) is 5.44. The second kappa shape index (κ2) is 8.65. The maximum Gasteiger partial charge on any atom is 0.331 e. The molecule has 2 unspecified atom stereocenters. The summed E-state index contributed by atoms with van der Waals surface area (Å²) in [6.45, 7) is -0.496. The van der Waals surface area contributed by atoms with Crippen LogP contribution in [0.1, 0.15) is 22.6 Å². The Morgan fingerprint density at radius 2 is 1.45 bits per heavy atom. The van der Waals surface area contributed by atoms with Crippen molar-refractivity contribution in [3.8, 4) is 34.5 Å². The Kier molecular flexibility index (Phi) is 6.16. The zero-order chi connectivity index (χ0) is 22.9. The highest BCUT2D eigenvalue weighted by molar-refractivity contribution is 5.95. The summed E-state index contributed by atoms with van der Waals surface area (Å²) in [7, 11) is 5.48. The Morgan fingerprint density at radius 1 is 0.903 bits per heavy atom. The number of aliphatic carboxylic acids is 1.